The van der Waals surface area contributed by atoms with Gasteiger partial charge in [0.2, 0.25) is 16.0 Å². The summed E-state index contributed by atoms with van der Waals surface area (Å²) in [5, 5.41) is 10.1. The van der Waals surface area contributed by atoms with E-state index in [9.17, 15) is 18.0 Å². The average Bonchev–Trinajstić information content (AvgIpc) is 2.66. The minimum absolute atomic E-state index is 0. The van der Waals surface area contributed by atoms with Crippen molar-refractivity contribution in [3.05, 3.63) is 5.01 Å². The second-order valence-electron chi connectivity index (χ2n) is 3.36. The van der Waals surface area contributed by atoms with E-state index in [-0.39, 0.29) is 23.5 Å². The van der Waals surface area contributed by atoms with E-state index < -0.39 is 17.1 Å². The third-order valence-corrected chi connectivity index (χ3v) is 2.74. The number of nitrogens with one attached hydrogen (secondary N) is 2. The smallest absolute Gasteiger partial charge is 0.319 e. The van der Waals surface area contributed by atoms with Crippen molar-refractivity contribution in [2.75, 3.05) is 18.9 Å². The van der Waals surface area contributed by atoms with Crippen molar-refractivity contribution in [3.8, 4) is 0 Å². The minimum atomic E-state index is -4.53. The largest absolute Gasteiger partial charge is 0.445 e. The predicted octanol–water partition coefficient (Wildman–Crippen LogP) is 1.77. The molecule has 0 saturated heterocycles. The Balaban J connectivity index is 0.00000289. The summed E-state index contributed by atoms with van der Waals surface area (Å²) in [6.07, 6.45) is -4.53. The van der Waals surface area contributed by atoms with Gasteiger partial charge >= 0.3 is 6.18 Å². The van der Waals surface area contributed by atoms with E-state index in [1.54, 1.807) is 14.0 Å². The molecule has 1 rings (SSSR count). The number of amides is 1. The van der Waals surface area contributed by atoms with Gasteiger partial charge in [0, 0.05) is 12.5 Å². The number of rotatable bonds is 4. The fraction of sp³-hybridized carbons (Fsp3) is 0.625. The molecule has 1 atom stereocenters. The monoisotopic (exact) mass is 304 g/mol. The number of hydrogen-bond acceptors (Lipinski definition) is 5. The first-order valence-electron chi connectivity index (χ1n) is 4.70. The van der Waals surface area contributed by atoms with Gasteiger partial charge in [-0.25, -0.2) is 0 Å². The highest BCUT2D eigenvalue weighted by Crippen LogP contribution is 2.32. The van der Waals surface area contributed by atoms with Gasteiger partial charge in [-0.3, -0.25) is 4.79 Å². The number of alkyl halides is 3. The zero-order valence-corrected chi connectivity index (χ0v) is 11.2. The van der Waals surface area contributed by atoms with E-state index in [2.05, 4.69) is 20.8 Å². The van der Waals surface area contributed by atoms with Gasteiger partial charge in [0.25, 0.3) is 0 Å². The summed E-state index contributed by atoms with van der Waals surface area (Å²) in [6, 6.07) is 0. The Labute approximate surface area is 112 Å². The quantitative estimate of drug-likeness (QED) is 0.890. The van der Waals surface area contributed by atoms with Crippen molar-refractivity contribution in [2.45, 2.75) is 13.1 Å². The first kappa shape index (κ1) is 17.1. The maximum absolute atomic E-state index is 12.2. The molecule has 0 aliphatic heterocycles. The topological polar surface area (TPSA) is 66.9 Å². The Kier molecular flexibility index (Phi) is 6.50. The van der Waals surface area contributed by atoms with E-state index in [0.29, 0.717) is 17.9 Å². The fourth-order valence-corrected chi connectivity index (χ4v) is 1.63. The molecule has 0 bridgehead atoms. The molecule has 1 heterocycles. The summed E-state index contributed by atoms with van der Waals surface area (Å²) in [6.45, 7) is 2.08. The number of hydrogen-bond donors (Lipinski definition) is 2. The molecule has 0 aliphatic rings. The second-order valence-corrected chi connectivity index (χ2v) is 4.34. The van der Waals surface area contributed by atoms with Crippen LogP contribution < -0.4 is 10.6 Å². The van der Waals surface area contributed by atoms with Gasteiger partial charge in [-0.05, 0) is 7.05 Å². The second kappa shape index (κ2) is 6.86. The Morgan fingerprint density at radius 3 is 2.50 bits per heavy atom. The van der Waals surface area contributed by atoms with Crippen LogP contribution in [0.2, 0.25) is 0 Å². The van der Waals surface area contributed by atoms with Crippen molar-refractivity contribution < 1.29 is 18.0 Å². The summed E-state index contributed by atoms with van der Waals surface area (Å²) in [5.41, 5.74) is 0. The van der Waals surface area contributed by atoms with Crippen molar-refractivity contribution in [1.82, 2.24) is 15.5 Å². The van der Waals surface area contributed by atoms with Crippen molar-refractivity contribution in [1.29, 1.82) is 0 Å². The summed E-state index contributed by atoms with van der Waals surface area (Å²) in [4.78, 5) is 11.5. The molecule has 0 fully saturated rings. The summed E-state index contributed by atoms with van der Waals surface area (Å²) in [7, 11) is 1.68. The molecule has 2 N–H and O–H groups in total. The van der Waals surface area contributed by atoms with Crippen molar-refractivity contribution in [3.63, 3.8) is 0 Å². The lowest BCUT2D eigenvalue weighted by Crippen LogP contribution is -2.28. The molecule has 0 spiro atoms. The molecule has 104 valence electrons. The van der Waals surface area contributed by atoms with Crippen molar-refractivity contribution in [2.24, 2.45) is 5.92 Å². The SMILES string of the molecule is CNCC(C)C(=O)Nc1nnc(C(F)(F)F)s1.Cl. The number of carbonyl (C=O) groups excluding carboxylic acids is 1. The predicted molar refractivity (Wildman–Crippen MR) is 63.9 cm³/mol. The number of carbonyl (C=O) groups is 1. The molecule has 1 amide bonds. The average molecular weight is 305 g/mol. The van der Waals surface area contributed by atoms with E-state index in [1.165, 1.54) is 0 Å². The molecule has 0 radical (unpaired) electrons. The van der Waals surface area contributed by atoms with Crippen LogP contribution in [-0.4, -0.2) is 29.7 Å². The van der Waals surface area contributed by atoms with Crippen LogP contribution in [0.1, 0.15) is 11.9 Å². The Morgan fingerprint density at radius 1 is 1.44 bits per heavy atom. The zero-order valence-electron chi connectivity index (χ0n) is 9.54. The number of halogens is 4. The van der Waals surface area contributed by atoms with Crippen LogP contribution in [0.15, 0.2) is 0 Å². The molecule has 1 aromatic rings. The molecule has 0 saturated carbocycles. The third-order valence-electron chi connectivity index (χ3n) is 1.86. The highest BCUT2D eigenvalue weighted by molar-refractivity contribution is 7.15. The summed E-state index contributed by atoms with van der Waals surface area (Å²) in [5.74, 6) is -0.762. The lowest BCUT2D eigenvalue weighted by Gasteiger charge is -2.08. The first-order valence-corrected chi connectivity index (χ1v) is 5.52. The van der Waals surface area contributed by atoms with Gasteiger partial charge in [0.05, 0.1) is 0 Å². The van der Waals surface area contributed by atoms with Crippen LogP contribution in [0.25, 0.3) is 0 Å². The maximum atomic E-state index is 12.2. The minimum Gasteiger partial charge on any atom is -0.319 e. The third kappa shape index (κ3) is 4.75. The van der Waals surface area contributed by atoms with Gasteiger partial charge in [0.1, 0.15) is 0 Å². The van der Waals surface area contributed by atoms with Crippen LogP contribution in [-0.2, 0) is 11.0 Å². The highest BCUT2D eigenvalue weighted by atomic mass is 35.5. The van der Waals surface area contributed by atoms with Crippen LogP contribution in [0.3, 0.4) is 0 Å². The van der Waals surface area contributed by atoms with E-state index in [0.717, 1.165) is 0 Å². The molecule has 0 aromatic carbocycles. The van der Waals surface area contributed by atoms with Crippen LogP contribution in [0.4, 0.5) is 18.3 Å². The number of aromatic nitrogens is 2. The van der Waals surface area contributed by atoms with E-state index >= 15 is 0 Å². The Morgan fingerprint density at radius 2 is 2.06 bits per heavy atom. The molecule has 0 aliphatic carbocycles. The Bertz CT molecular complexity index is 398. The van der Waals surface area contributed by atoms with Crippen molar-refractivity contribution >= 4 is 34.8 Å². The van der Waals surface area contributed by atoms with Crippen LogP contribution >= 0.6 is 23.7 Å². The first-order chi connectivity index (χ1) is 7.84. The van der Waals surface area contributed by atoms with Gasteiger partial charge in [-0.1, -0.05) is 18.3 Å². The van der Waals surface area contributed by atoms with Gasteiger partial charge < -0.3 is 10.6 Å². The number of nitrogens with zero attached hydrogens (tertiary/aromatic N) is 2. The fourth-order valence-electron chi connectivity index (χ4n) is 1.02. The molecule has 1 aromatic heterocycles. The van der Waals surface area contributed by atoms with Gasteiger partial charge in [0.15, 0.2) is 0 Å². The summed E-state index contributed by atoms with van der Waals surface area (Å²) >= 11 is 0.304. The Hall–Kier alpha value is -0.930. The molecular weight excluding hydrogens is 293 g/mol. The highest BCUT2D eigenvalue weighted by Gasteiger charge is 2.35. The van der Waals surface area contributed by atoms with Gasteiger partial charge in [-0.2, -0.15) is 13.2 Å². The molecule has 1 unspecified atom stereocenters. The van der Waals surface area contributed by atoms with Gasteiger partial charge in [-0.15, -0.1) is 22.6 Å². The van der Waals surface area contributed by atoms with E-state index in [1.807, 2.05) is 0 Å². The lowest BCUT2D eigenvalue weighted by atomic mass is 10.2. The standard InChI is InChI=1S/C8H11F3N4OS.ClH/c1-4(3-12-2)5(16)13-7-15-14-6(17-7)8(9,10)11;/h4,12H,3H2,1-2H3,(H,13,15,16);1H. The molecule has 18 heavy (non-hydrogen) atoms. The van der Waals surface area contributed by atoms with E-state index in [4.69, 9.17) is 0 Å². The number of anilines is 1. The van der Waals surface area contributed by atoms with Crippen LogP contribution in [0.5, 0.6) is 0 Å². The van der Waals surface area contributed by atoms with Crippen LogP contribution in [0, 0.1) is 5.92 Å². The normalized spacial score (nSPS) is 12.7. The molecular formula is C8H12ClF3N4OS. The maximum Gasteiger partial charge on any atom is 0.445 e. The lowest BCUT2D eigenvalue weighted by molar-refractivity contribution is -0.138. The zero-order chi connectivity index (χ0) is 13.1. The summed E-state index contributed by atoms with van der Waals surface area (Å²) < 4.78 is 36.6. The molecule has 5 nitrogen and oxygen atoms in total. The molecule has 10 heteroatoms.